The number of benzene rings is 2. The quantitative estimate of drug-likeness (QED) is 0.796. The van der Waals surface area contributed by atoms with Crippen LogP contribution in [-0.2, 0) is 3.74 Å². The standard InChI is InChI=1S/C15H17ClO4S/c1-2-13-21(20-16(17,18)19,14-9-5-3-6-10-14)15-11-7-4-8-12-15/h3-12H,2,13H2,1H3. The molecule has 0 atom stereocenters. The van der Waals surface area contributed by atoms with E-state index in [1.165, 1.54) is 0 Å². The molecule has 0 spiro atoms. The van der Waals surface area contributed by atoms with E-state index in [0.29, 0.717) is 12.2 Å². The maximum Gasteiger partial charge on any atom is 0.130 e. The Morgan fingerprint density at radius 2 is 1.29 bits per heavy atom. The van der Waals surface area contributed by atoms with Crippen LogP contribution in [0.1, 0.15) is 13.3 Å². The summed E-state index contributed by atoms with van der Waals surface area (Å²) in [5, 5.41) is 0. The summed E-state index contributed by atoms with van der Waals surface area (Å²) in [4.78, 5) is 1.45. The van der Waals surface area contributed by atoms with Crippen molar-refractivity contribution in [2.24, 2.45) is 0 Å². The molecule has 0 saturated carbocycles. The fourth-order valence-corrected chi connectivity index (χ4v) is 6.58. The molecule has 0 aliphatic rings. The lowest BCUT2D eigenvalue weighted by Gasteiger charge is -2.34. The van der Waals surface area contributed by atoms with E-state index in [-0.39, 0.29) is 0 Å². The predicted molar refractivity (Wildman–Crippen MR) is 73.3 cm³/mol. The van der Waals surface area contributed by atoms with Crippen LogP contribution in [0.15, 0.2) is 70.5 Å². The van der Waals surface area contributed by atoms with E-state index in [9.17, 15) is 14.0 Å². The molecule has 0 aliphatic carbocycles. The Labute approximate surface area is 128 Å². The highest BCUT2D eigenvalue weighted by Crippen LogP contribution is 2.64. The van der Waals surface area contributed by atoms with Gasteiger partial charge in [0.15, 0.2) is 0 Å². The lowest BCUT2D eigenvalue weighted by molar-refractivity contribution is -1.91. The van der Waals surface area contributed by atoms with Gasteiger partial charge in [0.1, 0.15) is 3.74 Å². The summed E-state index contributed by atoms with van der Waals surface area (Å²) in [5.74, 6) is 0.468. The van der Waals surface area contributed by atoms with Crippen LogP contribution in [0.25, 0.3) is 0 Å². The first-order valence-electron chi connectivity index (χ1n) is 6.51. The average Bonchev–Trinajstić information content (AvgIpc) is 2.47. The van der Waals surface area contributed by atoms with Gasteiger partial charge in [0.2, 0.25) is 0 Å². The van der Waals surface area contributed by atoms with Crippen molar-refractivity contribution in [1.82, 2.24) is 0 Å². The van der Waals surface area contributed by atoms with Crippen molar-refractivity contribution in [1.29, 1.82) is 0 Å². The van der Waals surface area contributed by atoms with Crippen LogP contribution < -0.4 is 14.0 Å². The van der Waals surface area contributed by atoms with Crippen LogP contribution in [0.5, 0.6) is 0 Å². The maximum absolute atomic E-state index is 11.3. The fraction of sp³-hybridized carbons (Fsp3) is 0.200. The zero-order chi connectivity index (χ0) is 15.3. The SMILES string of the molecule is CCCS(O[Cl+3]([O-])([O-])[O-])(c1ccccc1)c1ccccc1. The monoisotopic (exact) mass is 328 g/mol. The molecule has 114 valence electrons. The van der Waals surface area contributed by atoms with Gasteiger partial charge in [-0.05, 0) is 30.7 Å². The van der Waals surface area contributed by atoms with Crippen molar-refractivity contribution in [3.63, 3.8) is 0 Å². The first-order chi connectivity index (χ1) is 9.98. The Balaban J connectivity index is 2.60. The van der Waals surface area contributed by atoms with Crippen molar-refractivity contribution in [2.75, 3.05) is 5.75 Å². The van der Waals surface area contributed by atoms with Gasteiger partial charge < -0.3 is 0 Å². The van der Waals surface area contributed by atoms with Crippen molar-refractivity contribution >= 4 is 10.3 Å². The molecule has 2 aromatic rings. The van der Waals surface area contributed by atoms with Crippen molar-refractivity contribution < 1.29 is 28.0 Å². The number of halogens is 1. The molecule has 2 aromatic carbocycles. The van der Waals surface area contributed by atoms with E-state index in [4.69, 9.17) is 3.74 Å². The van der Waals surface area contributed by atoms with Gasteiger partial charge in [0.05, 0.1) is 20.6 Å². The molecule has 2 rings (SSSR count). The Bertz CT molecular complexity index is 517. The van der Waals surface area contributed by atoms with Crippen LogP contribution >= 0.6 is 10.3 Å². The minimum atomic E-state index is -4.52. The second-order valence-electron chi connectivity index (χ2n) is 4.45. The molecule has 6 heteroatoms. The van der Waals surface area contributed by atoms with E-state index >= 15 is 0 Å². The third kappa shape index (κ3) is 3.97. The zero-order valence-electron chi connectivity index (χ0n) is 11.6. The van der Waals surface area contributed by atoms with E-state index in [2.05, 4.69) is 0 Å². The lowest BCUT2D eigenvalue weighted by Crippen LogP contribution is -2.61. The van der Waals surface area contributed by atoms with Gasteiger partial charge in [-0.2, -0.15) is 14.0 Å². The highest BCUT2D eigenvalue weighted by molar-refractivity contribution is 8.29. The second-order valence-corrected chi connectivity index (χ2v) is 8.41. The maximum atomic E-state index is 11.3. The van der Waals surface area contributed by atoms with Gasteiger partial charge in [-0.3, -0.25) is 0 Å². The minimum Gasteiger partial charge on any atom is -0.182 e. The van der Waals surface area contributed by atoms with Gasteiger partial charge in [-0.1, -0.05) is 43.3 Å². The molecule has 0 aromatic heterocycles. The molecule has 4 nitrogen and oxygen atoms in total. The highest BCUT2D eigenvalue weighted by Gasteiger charge is 2.43. The van der Waals surface area contributed by atoms with Gasteiger partial charge in [0, 0.05) is 15.5 Å². The Kier molecular flexibility index (Phi) is 5.27. The van der Waals surface area contributed by atoms with Crippen molar-refractivity contribution in [3.05, 3.63) is 60.7 Å². The molecule has 0 radical (unpaired) electrons. The molecule has 0 heterocycles. The highest BCUT2D eigenvalue weighted by atomic mass is 35.7. The average molecular weight is 329 g/mol. The van der Waals surface area contributed by atoms with Crippen LogP contribution in [0.2, 0.25) is 0 Å². The normalized spacial score (nSPS) is 13.1. The molecule has 0 amide bonds. The van der Waals surface area contributed by atoms with Crippen LogP contribution in [0.4, 0.5) is 0 Å². The lowest BCUT2D eigenvalue weighted by atomic mass is 10.4. The van der Waals surface area contributed by atoms with Crippen LogP contribution in [0, 0.1) is 10.2 Å². The van der Waals surface area contributed by atoms with Crippen molar-refractivity contribution in [2.45, 2.75) is 23.1 Å². The molecule has 0 aliphatic heterocycles. The number of hydrogen-bond donors (Lipinski definition) is 0. The predicted octanol–water partition coefficient (Wildman–Crippen LogP) is 1.15. The molecular weight excluding hydrogens is 312 g/mol. The summed E-state index contributed by atoms with van der Waals surface area (Å²) in [7, 11) is -6.89. The number of hydrogen-bond acceptors (Lipinski definition) is 4. The first-order valence-corrected chi connectivity index (χ1v) is 9.47. The van der Waals surface area contributed by atoms with E-state index in [0.717, 1.165) is 9.79 Å². The summed E-state index contributed by atoms with van der Waals surface area (Å²) < 4.78 is 39.0. The number of rotatable bonds is 6. The summed E-state index contributed by atoms with van der Waals surface area (Å²) in [5.41, 5.74) is 0. The third-order valence-electron chi connectivity index (χ3n) is 2.92. The summed E-state index contributed by atoms with van der Waals surface area (Å²) >= 11 is 0. The smallest absolute Gasteiger partial charge is 0.130 e. The Morgan fingerprint density at radius 1 is 0.857 bits per heavy atom. The molecule has 0 unspecified atom stereocenters. The van der Waals surface area contributed by atoms with Gasteiger partial charge >= 0.3 is 0 Å². The largest absolute Gasteiger partial charge is 0.182 e. The molecule has 21 heavy (non-hydrogen) atoms. The third-order valence-corrected chi connectivity index (χ3v) is 7.45. The van der Waals surface area contributed by atoms with Gasteiger partial charge in [-0.15, -0.1) is 0 Å². The summed E-state index contributed by atoms with van der Waals surface area (Å²) in [6.45, 7) is 1.94. The van der Waals surface area contributed by atoms with Gasteiger partial charge in [-0.25, -0.2) is 0 Å². The van der Waals surface area contributed by atoms with E-state index in [1.807, 2.05) is 43.3 Å². The Hall–Kier alpha value is -1.08. The topological polar surface area (TPSA) is 78.4 Å². The van der Waals surface area contributed by atoms with Crippen LogP contribution in [0.3, 0.4) is 0 Å². The Morgan fingerprint density at radius 3 is 1.62 bits per heavy atom. The van der Waals surface area contributed by atoms with E-state index in [1.54, 1.807) is 24.3 Å². The molecular formula is C15H17ClO4S. The second kappa shape index (κ2) is 6.79. The van der Waals surface area contributed by atoms with E-state index < -0.39 is 20.6 Å². The zero-order valence-corrected chi connectivity index (χ0v) is 13.2. The summed E-state index contributed by atoms with van der Waals surface area (Å²) in [6.07, 6.45) is 0.699. The van der Waals surface area contributed by atoms with Crippen LogP contribution in [-0.4, -0.2) is 5.75 Å². The molecule has 0 saturated heterocycles. The molecule has 0 N–H and O–H groups in total. The fourth-order valence-electron chi connectivity index (χ4n) is 2.18. The molecule has 0 bridgehead atoms. The summed E-state index contributed by atoms with van der Waals surface area (Å²) in [6, 6.07) is 18.2. The minimum absolute atomic E-state index is 0.468. The first kappa shape index (κ1) is 16.3. The van der Waals surface area contributed by atoms with Crippen molar-refractivity contribution in [3.8, 4) is 0 Å². The molecule has 0 fully saturated rings. The van der Waals surface area contributed by atoms with Gasteiger partial charge in [0.25, 0.3) is 0 Å².